The van der Waals surface area contributed by atoms with Crippen molar-refractivity contribution in [3.05, 3.63) is 30.6 Å². The van der Waals surface area contributed by atoms with Crippen LogP contribution in [0.25, 0.3) is 10.8 Å². The lowest BCUT2D eigenvalue weighted by Gasteiger charge is -2.20. The highest BCUT2D eigenvalue weighted by Crippen LogP contribution is 2.29. The van der Waals surface area contributed by atoms with Gasteiger partial charge in [0, 0.05) is 23.8 Å². The van der Waals surface area contributed by atoms with Crippen LogP contribution in [0, 0.1) is 0 Å². The Morgan fingerprint density at radius 2 is 2.05 bits per heavy atom. The fourth-order valence-electron chi connectivity index (χ4n) is 1.81. The van der Waals surface area contributed by atoms with Gasteiger partial charge in [0.25, 0.3) is 0 Å². The van der Waals surface area contributed by atoms with Crippen molar-refractivity contribution >= 4 is 22.6 Å². The fourth-order valence-corrected chi connectivity index (χ4v) is 1.81. The second kappa shape index (κ2) is 5.36. The first kappa shape index (κ1) is 14.1. The van der Waals surface area contributed by atoms with Gasteiger partial charge in [0.1, 0.15) is 11.4 Å². The van der Waals surface area contributed by atoms with Gasteiger partial charge < -0.3 is 9.47 Å². The van der Waals surface area contributed by atoms with Crippen LogP contribution in [-0.4, -0.2) is 23.8 Å². The van der Waals surface area contributed by atoms with Crippen LogP contribution in [0.3, 0.4) is 0 Å². The summed E-state index contributed by atoms with van der Waals surface area (Å²) in [6, 6.07) is 5.49. The number of benzene rings is 1. The third-order valence-corrected chi connectivity index (χ3v) is 2.60. The number of carbonyl (C=O) groups is 1. The van der Waals surface area contributed by atoms with Crippen molar-refractivity contribution in [2.24, 2.45) is 0 Å². The number of nitrogens with one attached hydrogen (secondary N) is 1. The van der Waals surface area contributed by atoms with Crippen LogP contribution < -0.4 is 10.1 Å². The molecule has 1 aromatic carbocycles. The van der Waals surface area contributed by atoms with Gasteiger partial charge in [-0.25, -0.2) is 4.79 Å². The smallest absolute Gasteiger partial charge is 0.412 e. The molecule has 0 fully saturated rings. The number of amides is 1. The van der Waals surface area contributed by atoms with Crippen LogP contribution in [0.5, 0.6) is 5.75 Å². The Morgan fingerprint density at radius 1 is 1.30 bits per heavy atom. The Morgan fingerprint density at radius 3 is 2.70 bits per heavy atom. The number of rotatable bonds is 2. The molecule has 0 aliphatic rings. The number of ether oxygens (including phenoxy) is 2. The second-order valence-corrected chi connectivity index (χ2v) is 5.40. The molecule has 2 rings (SSSR count). The lowest BCUT2D eigenvalue weighted by Crippen LogP contribution is -2.27. The highest BCUT2D eigenvalue weighted by molar-refractivity contribution is 6.00. The minimum atomic E-state index is -0.545. The van der Waals surface area contributed by atoms with E-state index in [4.69, 9.17) is 9.47 Å². The molecule has 0 radical (unpaired) electrons. The van der Waals surface area contributed by atoms with Crippen LogP contribution in [0.15, 0.2) is 30.6 Å². The van der Waals surface area contributed by atoms with E-state index in [0.29, 0.717) is 11.4 Å². The highest BCUT2D eigenvalue weighted by Gasteiger charge is 2.17. The summed E-state index contributed by atoms with van der Waals surface area (Å²) < 4.78 is 10.5. The van der Waals surface area contributed by atoms with Crippen LogP contribution in [-0.2, 0) is 4.74 Å². The summed E-state index contributed by atoms with van der Waals surface area (Å²) >= 11 is 0. The zero-order chi connectivity index (χ0) is 14.8. The first-order valence-corrected chi connectivity index (χ1v) is 6.31. The van der Waals surface area contributed by atoms with Gasteiger partial charge in [0.15, 0.2) is 0 Å². The van der Waals surface area contributed by atoms with E-state index in [1.54, 1.807) is 25.6 Å². The number of nitrogens with zero attached hydrogens (tertiary/aromatic N) is 1. The van der Waals surface area contributed by atoms with E-state index in [0.717, 1.165) is 10.8 Å². The molecule has 0 saturated heterocycles. The SMILES string of the molecule is COc1cc(NC(=O)OC(C)(C)C)c2cnccc2c1. The van der Waals surface area contributed by atoms with Gasteiger partial charge in [0.2, 0.25) is 0 Å². The van der Waals surface area contributed by atoms with Crippen LogP contribution in [0.1, 0.15) is 20.8 Å². The van der Waals surface area contributed by atoms with Crippen LogP contribution in [0.4, 0.5) is 10.5 Å². The summed E-state index contributed by atoms with van der Waals surface area (Å²) in [4.78, 5) is 16.0. The Hall–Kier alpha value is -2.30. The maximum atomic E-state index is 11.9. The van der Waals surface area contributed by atoms with E-state index in [9.17, 15) is 4.79 Å². The molecule has 1 aromatic heterocycles. The first-order valence-electron chi connectivity index (χ1n) is 6.31. The quantitative estimate of drug-likeness (QED) is 0.909. The summed E-state index contributed by atoms with van der Waals surface area (Å²) in [5.74, 6) is 0.662. The molecule has 0 aliphatic carbocycles. The molecule has 2 aromatic rings. The maximum Gasteiger partial charge on any atom is 0.412 e. The van der Waals surface area contributed by atoms with Crippen molar-refractivity contribution in [3.8, 4) is 5.75 Å². The minimum absolute atomic E-state index is 0.504. The molecule has 106 valence electrons. The summed E-state index contributed by atoms with van der Waals surface area (Å²) in [7, 11) is 1.58. The van der Waals surface area contributed by atoms with E-state index in [2.05, 4.69) is 10.3 Å². The number of fused-ring (bicyclic) bond motifs is 1. The third kappa shape index (κ3) is 3.38. The van der Waals surface area contributed by atoms with E-state index in [1.807, 2.05) is 32.9 Å². The number of hydrogen-bond donors (Lipinski definition) is 1. The Balaban J connectivity index is 2.35. The molecular formula is C15H18N2O3. The van der Waals surface area contributed by atoms with Gasteiger partial charge in [-0.1, -0.05) is 0 Å². The van der Waals surface area contributed by atoms with Crippen molar-refractivity contribution in [1.82, 2.24) is 4.98 Å². The standard InChI is InChI=1S/C15H18N2O3/c1-15(2,3)20-14(18)17-13-8-11(19-4)7-10-5-6-16-9-12(10)13/h5-9H,1-4H3,(H,17,18). The average molecular weight is 274 g/mol. The zero-order valence-corrected chi connectivity index (χ0v) is 12.1. The molecule has 0 bridgehead atoms. The van der Waals surface area contributed by atoms with Gasteiger partial charge >= 0.3 is 6.09 Å². The van der Waals surface area contributed by atoms with E-state index >= 15 is 0 Å². The monoisotopic (exact) mass is 274 g/mol. The number of hydrogen-bond acceptors (Lipinski definition) is 4. The Kier molecular flexibility index (Phi) is 3.79. The van der Waals surface area contributed by atoms with Gasteiger partial charge in [-0.3, -0.25) is 10.3 Å². The molecule has 0 spiro atoms. The normalized spacial score (nSPS) is 11.2. The molecule has 0 unspecified atom stereocenters. The first-order chi connectivity index (χ1) is 9.39. The zero-order valence-electron chi connectivity index (χ0n) is 12.1. The predicted octanol–water partition coefficient (Wildman–Crippen LogP) is 3.59. The summed E-state index contributed by atoms with van der Waals surface area (Å²) in [5, 5.41) is 4.50. The number of anilines is 1. The molecule has 0 atom stereocenters. The summed E-state index contributed by atoms with van der Waals surface area (Å²) in [5.41, 5.74) is 0.0680. The van der Waals surface area contributed by atoms with Gasteiger partial charge in [0.05, 0.1) is 12.8 Å². The number of pyridine rings is 1. The lowest BCUT2D eigenvalue weighted by molar-refractivity contribution is 0.0636. The van der Waals surface area contributed by atoms with Crippen molar-refractivity contribution in [2.75, 3.05) is 12.4 Å². The largest absolute Gasteiger partial charge is 0.497 e. The molecule has 1 heterocycles. The Bertz CT molecular complexity index is 633. The lowest BCUT2D eigenvalue weighted by atomic mass is 10.1. The number of carbonyl (C=O) groups excluding carboxylic acids is 1. The van der Waals surface area contributed by atoms with Crippen molar-refractivity contribution in [2.45, 2.75) is 26.4 Å². The molecule has 20 heavy (non-hydrogen) atoms. The number of methoxy groups -OCH3 is 1. The number of aromatic nitrogens is 1. The van der Waals surface area contributed by atoms with Crippen molar-refractivity contribution < 1.29 is 14.3 Å². The molecule has 1 N–H and O–H groups in total. The molecule has 5 heteroatoms. The predicted molar refractivity (Wildman–Crippen MR) is 78.2 cm³/mol. The maximum absolute atomic E-state index is 11.9. The van der Waals surface area contributed by atoms with Gasteiger partial charge in [-0.05, 0) is 38.3 Å². The third-order valence-electron chi connectivity index (χ3n) is 2.60. The van der Waals surface area contributed by atoms with Crippen molar-refractivity contribution in [3.63, 3.8) is 0 Å². The van der Waals surface area contributed by atoms with Gasteiger partial charge in [-0.2, -0.15) is 0 Å². The van der Waals surface area contributed by atoms with Crippen LogP contribution in [0.2, 0.25) is 0 Å². The molecular weight excluding hydrogens is 256 g/mol. The average Bonchev–Trinajstić information content (AvgIpc) is 2.36. The van der Waals surface area contributed by atoms with E-state index < -0.39 is 11.7 Å². The molecule has 0 saturated carbocycles. The summed E-state index contributed by atoms with van der Waals surface area (Å²) in [6.07, 6.45) is 2.89. The van der Waals surface area contributed by atoms with E-state index in [1.165, 1.54) is 0 Å². The van der Waals surface area contributed by atoms with E-state index in [-0.39, 0.29) is 0 Å². The van der Waals surface area contributed by atoms with Gasteiger partial charge in [-0.15, -0.1) is 0 Å². The second-order valence-electron chi connectivity index (χ2n) is 5.40. The minimum Gasteiger partial charge on any atom is -0.497 e. The Labute approximate surface area is 117 Å². The topological polar surface area (TPSA) is 60.5 Å². The fraction of sp³-hybridized carbons (Fsp3) is 0.333. The summed E-state index contributed by atoms with van der Waals surface area (Å²) in [6.45, 7) is 5.45. The van der Waals surface area contributed by atoms with Crippen molar-refractivity contribution in [1.29, 1.82) is 0 Å². The molecule has 5 nitrogen and oxygen atoms in total. The highest BCUT2D eigenvalue weighted by atomic mass is 16.6. The van der Waals surface area contributed by atoms with Crippen LogP contribution >= 0.6 is 0 Å². The molecule has 1 amide bonds. The molecule has 0 aliphatic heterocycles.